The van der Waals surface area contributed by atoms with E-state index in [2.05, 4.69) is 5.32 Å². The van der Waals surface area contributed by atoms with Crippen LogP contribution in [-0.2, 0) is 4.79 Å². The van der Waals surface area contributed by atoms with Crippen LogP contribution in [0.15, 0.2) is 0 Å². The molecule has 1 amide bonds. The van der Waals surface area contributed by atoms with Crippen molar-refractivity contribution in [3.05, 3.63) is 0 Å². The van der Waals surface area contributed by atoms with E-state index in [-0.39, 0.29) is 19.1 Å². The summed E-state index contributed by atoms with van der Waals surface area (Å²) in [6.45, 7) is 1.52. The third-order valence-corrected chi connectivity index (χ3v) is 3.40. The van der Waals surface area contributed by atoms with Gasteiger partial charge in [0.05, 0.1) is 12.0 Å². The monoisotopic (exact) mass is 230 g/mol. The summed E-state index contributed by atoms with van der Waals surface area (Å²) in [4.78, 5) is 12.0. The van der Waals surface area contributed by atoms with Gasteiger partial charge in [-0.2, -0.15) is 0 Å². The summed E-state index contributed by atoms with van der Waals surface area (Å²) in [7, 11) is 0. The van der Waals surface area contributed by atoms with E-state index in [0.717, 1.165) is 25.7 Å². The maximum Gasteiger partial charge on any atom is 0.227 e. The van der Waals surface area contributed by atoms with Gasteiger partial charge in [-0.05, 0) is 19.8 Å². The molecule has 16 heavy (non-hydrogen) atoms. The van der Waals surface area contributed by atoms with Crippen LogP contribution in [0.4, 0.5) is 0 Å². The predicted molar refractivity (Wildman–Crippen MR) is 60.7 cm³/mol. The summed E-state index contributed by atoms with van der Waals surface area (Å²) in [5, 5.41) is 21.1. The number of nitrogens with two attached hydrogens (primary N) is 1. The van der Waals surface area contributed by atoms with E-state index >= 15 is 0 Å². The van der Waals surface area contributed by atoms with Crippen LogP contribution >= 0.6 is 0 Å². The number of hydrogen-bond acceptors (Lipinski definition) is 4. The molecule has 1 fully saturated rings. The van der Waals surface area contributed by atoms with Crippen molar-refractivity contribution in [3.63, 3.8) is 0 Å². The van der Waals surface area contributed by atoms with Gasteiger partial charge in [0.2, 0.25) is 5.91 Å². The molecule has 1 rings (SSSR count). The zero-order valence-electron chi connectivity index (χ0n) is 9.83. The molecule has 0 saturated heterocycles. The Hall–Kier alpha value is -0.650. The number of aliphatic hydroxyl groups excluding tert-OH is 1. The zero-order valence-corrected chi connectivity index (χ0v) is 9.83. The third kappa shape index (κ3) is 2.93. The standard InChI is InChI=1S/C11H22N2O3/c1-10(16,8-14)7-13-9(15)11(6-12)4-2-3-5-11/h14,16H,2-8,12H2,1H3,(H,13,15). The Kier molecular flexibility index (Phi) is 4.29. The van der Waals surface area contributed by atoms with Gasteiger partial charge in [0, 0.05) is 13.1 Å². The molecule has 94 valence electrons. The largest absolute Gasteiger partial charge is 0.393 e. The SMILES string of the molecule is CC(O)(CO)CNC(=O)C1(CN)CCCC1. The van der Waals surface area contributed by atoms with Crippen LogP contribution in [0.1, 0.15) is 32.6 Å². The molecule has 0 heterocycles. The van der Waals surface area contributed by atoms with Gasteiger partial charge in [0.15, 0.2) is 0 Å². The highest BCUT2D eigenvalue weighted by molar-refractivity contribution is 5.83. The molecule has 1 atom stereocenters. The summed E-state index contributed by atoms with van der Waals surface area (Å²) < 4.78 is 0. The summed E-state index contributed by atoms with van der Waals surface area (Å²) in [5.41, 5.74) is 3.96. The third-order valence-electron chi connectivity index (χ3n) is 3.40. The van der Waals surface area contributed by atoms with E-state index in [0.29, 0.717) is 6.54 Å². The molecule has 1 unspecified atom stereocenters. The highest BCUT2D eigenvalue weighted by Crippen LogP contribution is 2.37. The Morgan fingerprint density at radius 1 is 1.50 bits per heavy atom. The Balaban J connectivity index is 2.51. The van der Waals surface area contributed by atoms with Gasteiger partial charge >= 0.3 is 0 Å². The highest BCUT2D eigenvalue weighted by atomic mass is 16.3. The first kappa shape index (κ1) is 13.4. The topological polar surface area (TPSA) is 95.6 Å². The van der Waals surface area contributed by atoms with E-state index < -0.39 is 11.0 Å². The van der Waals surface area contributed by atoms with Gasteiger partial charge < -0.3 is 21.3 Å². The second-order valence-corrected chi connectivity index (χ2v) is 5.03. The summed E-state index contributed by atoms with van der Waals surface area (Å²) in [6.07, 6.45) is 3.69. The van der Waals surface area contributed by atoms with Crippen molar-refractivity contribution in [3.8, 4) is 0 Å². The van der Waals surface area contributed by atoms with Crippen LogP contribution in [0.25, 0.3) is 0 Å². The Morgan fingerprint density at radius 2 is 2.06 bits per heavy atom. The Bertz CT molecular complexity index is 248. The molecule has 1 aliphatic rings. The molecule has 5 nitrogen and oxygen atoms in total. The molecule has 0 aromatic rings. The van der Waals surface area contributed by atoms with Crippen molar-refractivity contribution in [2.45, 2.75) is 38.2 Å². The second kappa shape index (κ2) is 5.12. The molecule has 0 spiro atoms. The summed E-state index contributed by atoms with van der Waals surface area (Å²) >= 11 is 0. The van der Waals surface area contributed by atoms with Crippen molar-refractivity contribution in [2.75, 3.05) is 19.7 Å². The van der Waals surface area contributed by atoms with Crippen molar-refractivity contribution >= 4 is 5.91 Å². The van der Waals surface area contributed by atoms with Crippen LogP contribution in [0.2, 0.25) is 0 Å². The van der Waals surface area contributed by atoms with Gasteiger partial charge in [-0.15, -0.1) is 0 Å². The first-order valence-electron chi connectivity index (χ1n) is 5.77. The number of aliphatic hydroxyl groups is 2. The van der Waals surface area contributed by atoms with Crippen LogP contribution < -0.4 is 11.1 Å². The van der Waals surface area contributed by atoms with Crippen molar-refractivity contribution in [2.24, 2.45) is 11.1 Å². The molecule has 0 bridgehead atoms. The minimum Gasteiger partial charge on any atom is -0.393 e. The lowest BCUT2D eigenvalue weighted by atomic mass is 9.85. The van der Waals surface area contributed by atoms with Crippen LogP contribution in [0, 0.1) is 5.41 Å². The lowest BCUT2D eigenvalue weighted by molar-refractivity contribution is -0.131. The molecule has 5 N–H and O–H groups in total. The summed E-state index contributed by atoms with van der Waals surface area (Å²) in [5.74, 6) is -0.0961. The average Bonchev–Trinajstić information content (AvgIpc) is 2.76. The maximum atomic E-state index is 12.0. The predicted octanol–water partition coefficient (Wildman–Crippen LogP) is -0.635. The average molecular weight is 230 g/mol. The van der Waals surface area contributed by atoms with E-state index in [1.54, 1.807) is 0 Å². The molecular formula is C11H22N2O3. The van der Waals surface area contributed by atoms with E-state index in [1.807, 2.05) is 0 Å². The van der Waals surface area contributed by atoms with Gasteiger partial charge in [-0.3, -0.25) is 4.79 Å². The first-order chi connectivity index (χ1) is 7.46. The van der Waals surface area contributed by atoms with Crippen molar-refractivity contribution < 1.29 is 15.0 Å². The fraction of sp³-hybridized carbons (Fsp3) is 0.909. The molecule has 0 aromatic carbocycles. The van der Waals surface area contributed by atoms with Gasteiger partial charge in [-0.25, -0.2) is 0 Å². The Morgan fingerprint density at radius 3 is 2.50 bits per heavy atom. The molecule has 0 radical (unpaired) electrons. The Labute approximate surface area is 96.0 Å². The van der Waals surface area contributed by atoms with E-state index in [1.165, 1.54) is 6.92 Å². The quantitative estimate of drug-likeness (QED) is 0.505. The summed E-state index contributed by atoms with van der Waals surface area (Å²) in [6, 6.07) is 0. The van der Waals surface area contributed by atoms with Gasteiger partial charge in [0.1, 0.15) is 5.60 Å². The lowest BCUT2D eigenvalue weighted by Gasteiger charge is -2.28. The molecule has 5 heteroatoms. The molecule has 1 saturated carbocycles. The van der Waals surface area contributed by atoms with Crippen LogP contribution in [0.5, 0.6) is 0 Å². The maximum absolute atomic E-state index is 12.0. The van der Waals surface area contributed by atoms with Gasteiger partial charge in [-0.1, -0.05) is 12.8 Å². The fourth-order valence-corrected chi connectivity index (χ4v) is 2.09. The number of amides is 1. The minimum atomic E-state index is -1.26. The number of carbonyl (C=O) groups excluding carboxylic acids is 1. The fourth-order valence-electron chi connectivity index (χ4n) is 2.09. The first-order valence-corrected chi connectivity index (χ1v) is 5.77. The second-order valence-electron chi connectivity index (χ2n) is 5.03. The normalized spacial score (nSPS) is 22.8. The van der Waals surface area contributed by atoms with E-state index in [4.69, 9.17) is 10.8 Å². The van der Waals surface area contributed by atoms with E-state index in [9.17, 15) is 9.90 Å². The lowest BCUT2D eigenvalue weighted by Crippen LogP contribution is -2.50. The number of rotatable bonds is 5. The molecule has 1 aliphatic carbocycles. The minimum absolute atomic E-state index is 0.0596. The molecule has 0 aromatic heterocycles. The number of carbonyl (C=O) groups is 1. The van der Waals surface area contributed by atoms with Crippen LogP contribution in [-0.4, -0.2) is 41.4 Å². The molecule has 0 aliphatic heterocycles. The van der Waals surface area contributed by atoms with Crippen molar-refractivity contribution in [1.29, 1.82) is 0 Å². The zero-order chi connectivity index (χ0) is 12.2. The number of nitrogens with one attached hydrogen (secondary N) is 1. The van der Waals surface area contributed by atoms with Gasteiger partial charge in [0.25, 0.3) is 0 Å². The highest BCUT2D eigenvalue weighted by Gasteiger charge is 2.40. The molecular weight excluding hydrogens is 208 g/mol. The smallest absolute Gasteiger partial charge is 0.227 e. The number of hydrogen-bond donors (Lipinski definition) is 4. The van der Waals surface area contributed by atoms with Crippen molar-refractivity contribution in [1.82, 2.24) is 5.32 Å². The van der Waals surface area contributed by atoms with Crippen LogP contribution in [0.3, 0.4) is 0 Å².